The van der Waals surface area contributed by atoms with Crippen molar-refractivity contribution < 1.29 is 4.74 Å². The predicted octanol–water partition coefficient (Wildman–Crippen LogP) is 3.52. The van der Waals surface area contributed by atoms with Crippen molar-refractivity contribution in [3.63, 3.8) is 0 Å². The predicted molar refractivity (Wildman–Crippen MR) is 128 cm³/mol. The number of benzene rings is 2. The van der Waals surface area contributed by atoms with Gasteiger partial charge in [0.05, 0.1) is 23.3 Å². The number of piperazine rings is 1. The van der Waals surface area contributed by atoms with Crippen LogP contribution in [0.15, 0.2) is 60.8 Å². The van der Waals surface area contributed by atoms with Gasteiger partial charge in [0.15, 0.2) is 0 Å². The molecule has 3 heterocycles. The Bertz CT molecular complexity index is 1100. The van der Waals surface area contributed by atoms with E-state index >= 15 is 0 Å². The molecule has 6 heteroatoms. The van der Waals surface area contributed by atoms with E-state index in [-0.39, 0.29) is 12.2 Å². The van der Waals surface area contributed by atoms with Crippen LogP contribution in [0.2, 0.25) is 0 Å². The van der Waals surface area contributed by atoms with Crippen LogP contribution >= 0.6 is 0 Å². The number of aromatic nitrogens is 1. The zero-order valence-corrected chi connectivity index (χ0v) is 18.5. The van der Waals surface area contributed by atoms with E-state index in [0.29, 0.717) is 5.56 Å². The van der Waals surface area contributed by atoms with Gasteiger partial charge in [0.2, 0.25) is 0 Å². The fraction of sp³-hybridized carbons (Fsp3) is 0.385. The Morgan fingerprint density at radius 3 is 2.56 bits per heavy atom. The number of anilines is 2. The molecule has 0 bridgehead atoms. The Hall–Kier alpha value is -3.14. The normalized spacial score (nSPS) is 22.1. The molecule has 2 saturated heterocycles. The van der Waals surface area contributed by atoms with Crippen LogP contribution in [0, 0.1) is 11.3 Å². The third-order valence-corrected chi connectivity index (χ3v) is 6.49. The Morgan fingerprint density at radius 2 is 1.78 bits per heavy atom. The molecule has 2 atom stereocenters. The molecule has 3 aromatic rings. The van der Waals surface area contributed by atoms with Crippen molar-refractivity contribution >= 4 is 22.3 Å². The Kier molecular flexibility index (Phi) is 5.93. The van der Waals surface area contributed by atoms with Gasteiger partial charge in [-0.2, -0.15) is 5.26 Å². The fourth-order valence-corrected chi connectivity index (χ4v) is 4.98. The first kappa shape index (κ1) is 20.7. The van der Waals surface area contributed by atoms with Gasteiger partial charge in [-0.3, -0.25) is 9.88 Å². The Morgan fingerprint density at radius 1 is 0.969 bits per heavy atom. The summed E-state index contributed by atoms with van der Waals surface area (Å²) in [4.78, 5) is 11.9. The van der Waals surface area contributed by atoms with E-state index < -0.39 is 0 Å². The van der Waals surface area contributed by atoms with Gasteiger partial charge >= 0.3 is 0 Å². The molecule has 1 aromatic heterocycles. The van der Waals surface area contributed by atoms with Gasteiger partial charge in [-0.1, -0.05) is 18.2 Å². The van der Waals surface area contributed by atoms with Crippen molar-refractivity contribution in [1.29, 1.82) is 5.26 Å². The molecule has 164 valence electrons. The summed E-state index contributed by atoms with van der Waals surface area (Å²) in [6, 6.07) is 20.9. The van der Waals surface area contributed by atoms with E-state index in [9.17, 15) is 5.26 Å². The number of pyridine rings is 1. The van der Waals surface area contributed by atoms with Gasteiger partial charge in [-0.05, 0) is 43.3 Å². The zero-order valence-electron chi connectivity index (χ0n) is 18.5. The molecule has 2 aliphatic heterocycles. The first-order valence-corrected chi connectivity index (χ1v) is 11.4. The minimum Gasteiger partial charge on any atom is -0.370 e. The summed E-state index contributed by atoms with van der Waals surface area (Å²) in [6.07, 6.45) is 2.07. The number of ether oxygens (including phenoxy) is 1. The summed E-state index contributed by atoms with van der Waals surface area (Å²) >= 11 is 0. The molecule has 0 spiro atoms. The number of rotatable bonds is 4. The minimum absolute atomic E-state index is 0.154. The minimum atomic E-state index is 0.154. The molecule has 5 rings (SSSR count). The molecule has 0 saturated carbocycles. The standard InChI is InChI=1S/C26H29N5O/c1-20-17-31(25-10-9-21(16-27)26-24(25)8-5-11-28-26)19-23(32-20)18-29-12-14-30(15-13-29)22-6-3-2-4-7-22/h2-11,20,23H,12-15,17-19H2,1H3/t20-,23-/m1/s1. The molecule has 0 amide bonds. The highest BCUT2D eigenvalue weighted by atomic mass is 16.5. The molecule has 32 heavy (non-hydrogen) atoms. The maximum atomic E-state index is 9.46. The van der Waals surface area contributed by atoms with Crippen LogP contribution in [0.1, 0.15) is 12.5 Å². The van der Waals surface area contributed by atoms with Crippen LogP contribution in [0.4, 0.5) is 11.4 Å². The van der Waals surface area contributed by atoms with Crippen LogP contribution in [0.25, 0.3) is 10.9 Å². The first-order chi connectivity index (χ1) is 15.7. The zero-order chi connectivity index (χ0) is 21.9. The quantitative estimate of drug-likeness (QED) is 0.635. The highest BCUT2D eigenvalue weighted by Gasteiger charge is 2.29. The molecule has 2 fully saturated rings. The van der Waals surface area contributed by atoms with Crippen molar-refractivity contribution in [2.45, 2.75) is 19.1 Å². The van der Waals surface area contributed by atoms with Crippen molar-refractivity contribution in [3.8, 4) is 6.07 Å². The third kappa shape index (κ3) is 4.27. The van der Waals surface area contributed by atoms with Crippen molar-refractivity contribution in [3.05, 3.63) is 66.4 Å². The lowest BCUT2D eigenvalue weighted by Crippen LogP contribution is -2.54. The Labute approximate surface area is 189 Å². The summed E-state index contributed by atoms with van der Waals surface area (Å²) in [7, 11) is 0. The molecule has 0 aliphatic carbocycles. The first-order valence-electron chi connectivity index (χ1n) is 11.4. The molecule has 0 N–H and O–H groups in total. The van der Waals surface area contributed by atoms with E-state index in [1.807, 2.05) is 12.1 Å². The number of fused-ring (bicyclic) bond motifs is 1. The summed E-state index contributed by atoms with van der Waals surface area (Å²) in [5, 5.41) is 10.5. The number of hydrogen-bond donors (Lipinski definition) is 0. The largest absolute Gasteiger partial charge is 0.370 e. The second-order valence-electron chi connectivity index (χ2n) is 8.74. The van der Waals surface area contributed by atoms with E-state index in [1.54, 1.807) is 6.20 Å². The third-order valence-electron chi connectivity index (χ3n) is 6.49. The van der Waals surface area contributed by atoms with Gasteiger partial charge in [-0.25, -0.2) is 0 Å². The molecule has 2 aromatic carbocycles. The number of para-hydroxylation sites is 1. The highest BCUT2D eigenvalue weighted by Crippen LogP contribution is 2.30. The molecule has 0 unspecified atom stereocenters. The maximum absolute atomic E-state index is 9.46. The number of hydrogen-bond acceptors (Lipinski definition) is 6. The SMILES string of the molecule is C[C@@H]1CN(c2ccc(C#N)c3ncccc23)C[C@@H](CN2CCN(c3ccccc3)CC2)O1. The van der Waals surface area contributed by atoms with Crippen LogP contribution in [0.3, 0.4) is 0 Å². The van der Waals surface area contributed by atoms with Crippen LogP contribution in [-0.2, 0) is 4.74 Å². The lowest BCUT2D eigenvalue weighted by Gasteiger charge is -2.42. The topological polar surface area (TPSA) is 55.6 Å². The summed E-state index contributed by atoms with van der Waals surface area (Å²) in [5.41, 5.74) is 3.85. The van der Waals surface area contributed by atoms with E-state index in [4.69, 9.17) is 4.74 Å². The number of nitriles is 1. The van der Waals surface area contributed by atoms with Crippen molar-refractivity contribution in [1.82, 2.24) is 9.88 Å². The molecule has 6 nitrogen and oxygen atoms in total. The molecular formula is C26H29N5O. The summed E-state index contributed by atoms with van der Waals surface area (Å²) in [6.45, 7) is 8.96. The summed E-state index contributed by atoms with van der Waals surface area (Å²) in [5.74, 6) is 0. The van der Waals surface area contributed by atoms with E-state index in [2.05, 4.69) is 75.1 Å². The average molecular weight is 428 g/mol. The van der Waals surface area contributed by atoms with Crippen molar-refractivity contribution in [2.75, 3.05) is 55.6 Å². The molecular weight excluding hydrogens is 398 g/mol. The lowest BCUT2D eigenvalue weighted by atomic mass is 10.1. The monoisotopic (exact) mass is 427 g/mol. The Balaban J connectivity index is 1.27. The van der Waals surface area contributed by atoms with Crippen LogP contribution in [0.5, 0.6) is 0 Å². The van der Waals surface area contributed by atoms with Gasteiger partial charge in [0.25, 0.3) is 0 Å². The van der Waals surface area contributed by atoms with Gasteiger partial charge in [-0.15, -0.1) is 0 Å². The fourth-order valence-electron chi connectivity index (χ4n) is 4.98. The maximum Gasteiger partial charge on any atom is 0.101 e. The van der Waals surface area contributed by atoms with E-state index in [0.717, 1.165) is 62.4 Å². The number of nitrogens with zero attached hydrogens (tertiary/aromatic N) is 5. The highest BCUT2D eigenvalue weighted by molar-refractivity contribution is 5.95. The van der Waals surface area contributed by atoms with Gasteiger partial charge < -0.3 is 14.5 Å². The van der Waals surface area contributed by atoms with Crippen LogP contribution in [-0.4, -0.2) is 67.9 Å². The lowest BCUT2D eigenvalue weighted by molar-refractivity contribution is -0.0327. The van der Waals surface area contributed by atoms with E-state index in [1.165, 1.54) is 5.69 Å². The smallest absolute Gasteiger partial charge is 0.101 e. The second-order valence-corrected chi connectivity index (χ2v) is 8.74. The number of morpholine rings is 1. The summed E-state index contributed by atoms with van der Waals surface area (Å²) < 4.78 is 6.34. The molecule has 2 aliphatic rings. The average Bonchev–Trinajstić information content (AvgIpc) is 2.84. The van der Waals surface area contributed by atoms with Crippen LogP contribution < -0.4 is 9.80 Å². The van der Waals surface area contributed by atoms with Gasteiger partial charge in [0, 0.05) is 68.8 Å². The van der Waals surface area contributed by atoms with Crippen molar-refractivity contribution in [2.24, 2.45) is 0 Å². The second kappa shape index (κ2) is 9.15. The van der Waals surface area contributed by atoms with Gasteiger partial charge in [0.1, 0.15) is 6.07 Å². The molecule has 0 radical (unpaired) electrons.